The Morgan fingerprint density at radius 3 is 2.50 bits per heavy atom. The molecular formula is C14H18N2O2. The van der Waals surface area contributed by atoms with Crippen LogP contribution in [0.4, 0.5) is 4.79 Å². The van der Waals surface area contributed by atoms with Gasteiger partial charge in [0.2, 0.25) is 0 Å². The Hall–Kier alpha value is -2.02. The topological polar surface area (TPSA) is 62.1 Å². The predicted octanol–water partition coefficient (Wildman–Crippen LogP) is 3.08. The molecule has 1 aromatic carbocycles. The van der Waals surface area contributed by atoms with Crippen LogP contribution in [0.1, 0.15) is 37.9 Å². The Bertz CT molecular complexity index is 469. The summed E-state index contributed by atoms with van der Waals surface area (Å²) in [5, 5.41) is 11.7. The third-order valence-corrected chi connectivity index (χ3v) is 2.29. The second kappa shape index (κ2) is 5.54. The molecule has 0 heterocycles. The molecule has 0 saturated carbocycles. The van der Waals surface area contributed by atoms with Crippen LogP contribution in [0.2, 0.25) is 0 Å². The highest BCUT2D eigenvalue weighted by atomic mass is 16.6. The highest BCUT2D eigenvalue weighted by molar-refractivity contribution is 5.69. The fourth-order valence-corrected chi connectivity index (χ4v) is 1.52. The summed E-state index contributed by atoms with van der Waals surface area (Å²) in [6.07, 6.45) is -0.586. The van der Waals surface area contributed by atoms with Crippen molar-refractivity contribution in [3.8, 4) is 6.07 Å². The summed E-state index contributed by atoms with van der Waals surface area (Å²) in [7, 11) is 0. The molecule has 18 heavy (non-hydrogen) atoms. The normalized spacial score (nSPS) is 12.4. The van der Waals surface area contributed by atoms with Crippen molar-refractivity contribution in [2.75, 3.05) is 0 Å². The first-order chi connectivity index (χ1) is 8.33. The van der Waals surface area contributed by atoms with Crippen LogP contribution in [0.5, 0.6) is 0 Å². The fraction of sp³-hybridized carbons (Fsp3) is 0.429. The molecule has 0 radical (unpaired) electrons. The molecule has 1 rings (SSSR count). The van der Waals surface area contributed by atoms with Gasteiger partial charge in [-0.25, -0.2) is 4.79 Å². The van der Waals surface area contributed by atoms with Crippen molar-refractivity contribution >= 4 is 6.09 Å². The van der Waals surface area contributed by atoms with Crippen molar-refractivity contribution in [3.63, 3.8) is 0 Å². The Kier molecular flexibility index (Phi) is 4.33. The maximum Gasteiger partial charge on any atom is 0.408 e. The fourth-order valence-electron chi connectivity index (χ4n) is 1.52. The first-order valence-corrected chi connectivity index (χ1v) is 5.78. The maximum absolute atomic E-state index is 11.6. The number of hydrogen-bond acceptors (Lipinski definition) is 3. The molecule has 0 aliphatic carbocycles. The molecule has 4 nitrogen and oxygen atoms in total. The van der Waals surface area contributed by atoms with Crippen LogP contribution < -0.4 is 5.32 Å². The summed E-state index contributed by atoms with van der Waals surface area (Å²) >= 11 is 0. The number of rotatable bonds is 2. The zero-order chi connectivity index (χ0) is 13.8. The molecule has 0 aliphatic rings. The predicted molar refractivity (Wildman–Crippen MR) is 68.9 cm³/mol. The van der Waals surface area contributed by atoms with E-state index in [0.29, 0.717) is 0 Å². The van der Waals surface area contributed by atoms with Gasteiger partial charge in [0.1, 0.15) is 11.6 Å². The summed E-state index contributed by atoms with van der Waals surface area (Å²) in [5.41, 5.74) is 1.17. The van der Waals surface area contributed by atoms with Gasteiger partial charge in [-0.15, -0.1) is 0 Å². The summed E-state index contributed by atoms with van der Waals surface area (Å²) in [6.45, 7) is 7.24. The quantitative estimate of drug-likeness (QED) is 0.872. The number of amides is 1. The molecule has 0 aliphatic heterocycles. The van der Waals surface area contributed by atoms with Gasteiger partial charge < -0.3 is 10.1 Å². The lowest BCUT2D eigenvalue weighted by molar-refractivity contribution is 0.0515. The van der Waals surface area contributed by atoms with Gasteiger partial charge in [-0.3, -0.25) is 0 Å². The maximum atomic E-state index is 11.6. The van der Waals surface area contributed by atoms with Gasteiger partial charge in [0.15, 0.2) is 0 Å². The van der Waals surface area contributed by atoms with Crippen LogP contribution in [-0.4, -0.2) is 11.7 Å². The zero-order valence-electron chi connectivity index (χ0n) is 11.2. The Balaban J connectivity index is 2.79. The Morgan fingerprint density at radius 2 is 2.00 bits per heavy atom. The van der Waals surface area contributed by atoms with Gasteiger partial charge in [-0.05, 0) is 38.8 Å². The van der Waals surface area contributed by atoms with E-state index >= 15 is 0 Å². The molecule has 1 atom stereocenters. The minimum Gasteiger partial charge on any atom is -0.444 e. The lowest BCUT2D eigenvalue weighted by Crippen LogP contribution is -2.34. The number of nitriles is 1. The van der Waals surface area contributed by atoms with Crippen LogP contribution in [0.15, 0.2) is 24.3 Å². The van der Waals surface area contributed by atoms with Gasteiger partial charge in [-0.2, -0.15) is 5.26 Å². The molecule has 4 heteroatoms. The number of nitrogens with zero attached hydrogens (tertiary/aromatic N) is 1. The molecule has 1 amide bonds. The smallest absolute Gasteiger partial charge is 0.408 e. The van der Waals surface area contributed by atoms with E-state index in [-0.39, 0.29) is 0 Å². The average Bonchev–Trinajstić information content (AvgIpc) is 2.24. The van der Waals surface area contributed by atoms with E-state index < -0.39 is 17.7 Å². The summed E-state index contributed by atoms with van der Waals surface area (Å²) in [6, 6.07) is 8.82. The first kappa shape index (κ1) is 14.0. The zero-order valence-corrected chi connectivity index (χ0v) is 11.2. The lowest BCUT2D eigenvalue weighted by Gasteiger charge is -2.21. The number of benzene rings is 1. The second-order valence-corrected chi connectivity index (χ2v) is 5.06. The minimum absolute atomic E-state index is 0.574. The minimum atomic E-state index is -0.693. The molecule has 0 bridgehead atoms. The van der Waals surface area contributed by atoms with Gasteiger partial charge in [0.05, 0.1) is 6.07 Å². The van der Waals surface area contributed by atoms with Crippen molar-refractivity contribution in [2.45, 2.75) is 39.3 Å². The van der Waals surface area contributed by atoms with E-state index in [1.54, 1.807) is 20.8 Å². The third kappa shape index (κ3) is 4.10. The van der Waals surface area contributed by atoms with E-state index in [1.807, 2.05) is 31.2 Å². The highest BCUT2D eigenvalue weighted by Gasteiger charge is 2.20. The molecule has 0 saturated heterocycles. The largest absolute Gasteiger partial charge is 0.444 e. The van der Waals surface area contributed by atoms with Gasteiger partial charge >= 0.3 is 6.09 Å². The van der Waals surface area contributed by atoms with Crippen molar-refractivity contribution in [2.24, 2.45) is 0 Å². The molecule has 96 valence electrons. The van der Waals surface area contributed by atoms with Crippen LogP contribution in [0, 0.1) is 18.3 Å². The average molecular weight is 246 g/mol. The lowest BCUT2D eigenvalue weighted by atomic mass is 10.0. The molecule has 0 fully saturated rings. The molecule has 1 N–H and O–H groups in total. The number of alkyl carbamates (subject to hydrolysis) is 1. The Morgan fingerprint density at radius 1 is 1.39 bits per heavy atom. The van der Waals surface area contributed by atoms with Crippen LogP contribution >= 0.6 is 0 Å². The standard InChI is InChI=1S/C14H18N2O2/c1-10-7-5-6-8-11(10)12(9-15)16-13(17)18-14(2,3)4/h5-8,12H,1-4H3,(H,16,17). The van der Waals surface area contributed by atoms with Crippen LogP contribution in [0.3, 0.4) is 0 Å². The van der Waals surface area contributed by atoms with E-state index in [0.717, 1.165) is 11.1 Å². The number of carbonyl (C=O) groups excluding carboxylic acids is 1. The van der Waals surface area contributed by atoms with Crippen LogP contribution in [0.25, 0.3) is 0 Å². The first-order valence-electron chi connectivity index (χ1n) is 5.78. The number of nitrogens with one attached hydrogen (secondary N) is 1. The molecule has 0 spiro atoms. The van der Waals surface area contributed by atoms with Gasteiger partial charge in [-0.1, -0.05) is 24.3 Å². The third-order valence-electron chi connectivity index (χ3n) is 2.29. The second-order valence-electron chi connectivity index (χ2n) is 5.06. The van der Waals surface area contributed by atoms with Crippen LogP contribution in [-0.2, 0) is 4.74 Å². The van der Waals surface area contributed by atoms with Gasteiger partial charge in [0.25, 0.3) is 0 Å². The van der Waals surface area contributed by atoms with Crippen molar-refractivity contribution in [1.29, 1.82) is 5.26 Å². The molecular weight excluding hydrogens is 228 g/mol. The van der Waals surface area contributed by atoms with Crippen molar-refractivity contribution in [1.82, 2.24) is 5.32 Å². The Labute approximate surface area is 108 Å². The van der Waals surface area contributed by atoms with E-state index in [2.05, 4.69) is 11.4 Å². The SMILES string of the molecule is Cc1ccccc1C(C#N)NC(=O)OC(C)(C)C. The van der Waals surface area contributed by atoms with Crippen molar-refractivity contribution < 1.29 is 9.53 Å². The summed E-state index contributed by atoms with van der Waals surface area (Å²) in [4.78, 5) is 11.6. The molecule has 1 aromatic rings. The van der Waals surface area contributed by atoms with E-state index in [4.69, 9.17) is 10.00 Å². The molecule has 1 unspecified atom stereocenters. The monoisotopic (exact) mass is 246 g/mol. The molecule has 0 aromatic heterocycles. The number of ether oxygens (including phenoxy) is 1. The van der Waals surface area contributed by atoms with Gasteiger partial charge in [0, 0.05) is 0 Å². The number of carbonyl (C=O) groups is 1. The van der Waals surface area contributed by atoms with Crippen molar-refractivity contribution in [3.05, 3.63) is 35.4 Å². The highest BCUT2D eigenvalue weighted by Crippen LogP contribution is 2.17. The summed E-state index contributed by atoms with van der Waals surface area (Å²) < 4.78 is 5.13. The number of aryl methyl sites for hydroxylation is 1. The van der Waals surface area contributed by atoms with E-state index in [9.17, 15) is 4.79 Å². The number of hydrogen-bond donors (Lipinski definition) is 1. The summed E-state index contributed by atoms with van der Waals surface area (Å²) in [5.74, 6) is 0. The van der Waals surface area contributed by atoms with E-state index in [1.165, 1.54) is 0 Å².